The molecule has 0 radical (unpaired) electrons. The molecule has 0 aliphatic heterocycles. The number of nitrogens with two attached hydrogens (primary N) is 1. The van der Waals surface area contributed by atoms with Gasteiger partial charge in [-0.1, -0.05) is 6.07 Å². The van der Waals surface area contributed by atoms with E-state index in [0.717, 1.165) is 12.1 Å². The van der Waals surface area contributed by atoms with Crippen molar-refractivity contribution in [3.63, 3.8) is 0 Å². The lowest BCUT2D eigenvalue weighted by Gasteiger charge is -2.33. The van der Waals surface area contributed by atoms with E-state index in [1.54, 1.807) is 0 Å². The Morgan fingerprint density at radius 1 is 0.810 bits per heavy atom. The fourth-order valence-electron chi connectivity index (χ4n) is 1.15. The van der Waals surface area contributed by atoms with Gasteiger partial charge in [-0.05, 0) is 12.1 Å². The molecule has 11 heteroatoms. The van der Waals surface area contributed by atoms with Gasteiger partial charge in [-0.15, -0.1) is 0 Å². The summed E-state index contributed by atoms with van der Waals surface area (Å²) in [6.45, 7) is 0. The third-order valence-electron chi connectivity index (χ3n) is 2.22. The van der Waals surface area contributed by atoms with E-state index >= 15 is 0 Å². The molecule has 21 heavy (non-hydrogen) atoms. The van der Waals surface area contributed by atoms with Crippen LogP contribution in [0.5, 0.6) is 5.75 Å². The molecule has 0 aromatic heterocycles. The fraction of sp³-hybridized carbons (Fsp3) is 0.400. The quantitative estimate of drug-likeness (QED) is 0.668. The highest BCUT2D eigenvalue weighted by molar-refractivity contribution is 5.43. The summed E-state index contributed by atoms with van der Waals surface area (Å²) in [5, 5.41) is 0. The van der Waals surface area contributed by atoms with E-state index in [1.165, 1.54) is 0 Å². The largest absolute Gasteiger partial charge is 0.471 e. The van der Waals surface area contributed by atoms with Gasteiger partial charge in [-0.2, -0.15) is 39.5 Å². The molecular formula is C10H6F9NO. The molecular weight excluding hydrogens is 321 g/mol. The van der Waals surface area contributed by atoms with Crippen molar-refractivity contribution in [3.05, 3.63) is 24.3 Å². The number of rotatable bonds is 4. The number of hydrogen-bond donors (Lipinski definition) is 1. The lowest BCUT2D eigenvalue weighted by molar-refractivity contribution is -0.428. The van der Waals surface area contributed by atoms with Gasteiger partial charge in [-0.25, -0.2) is 0 Å². The molecule has 0 atom stereocenters. The average Bonchev–Trinajstić information content (AvgIpc) is 2.26. The summed E-state index contributed by atoms with van der Waals surface area (Å²) >= 11 is 0. The normalized spacial score (nSPS) is 14.1. The molecule has 0 bridgehead atoms. The van der Waals surface area contributed by atoms with Gasteiger partial charge < -0.3 is 10.5 Å². The summed E-state index contributed by atoms with van der Waals surface area (Å²) in [5.41, 5.74) is 4.85. The van der Waals surface area contributed by atoms with Crippen LogP contribution >= 0.6 is 0 Å². The first-order valence-electron chi connectivity index (χ1n) is 4.97. The molecule has 0 amide bonds. The van der Waals surface area contributed by atoms with Crippen molar-refractivity contribution < 1.29 is 44.3 Å². The summed E-state index contributed by atoms with van der Waals surface area (Å²) < 4.78 is 116. The van der Waals surface area contributed by atoms with Crippen molar-refractivity contribution in [2.75, 3.05) is 5.73 Å². The van der Waals surface area contributed by atoms with E-state index in [1.807, 2.05) is 0 Å². The Hall–Kier alpha value is -1.81. The van der Waals surface area contributed by atoms with Crippen LogP contribution in [0.4, 0.5) is 45.2 Å². The monoisotopic (exact) mass is 327 g/mol. The zero-order valence-electron chi connectivity index (χ0n) is 9.70. The van der Waals surface area contributed by atoms with Crippen LogP contribution in [0.2, 0.25) is 0 Å². The van der Waals surface area contributed by atoms with Crippen molar-refractivity contribution in [1.29, 1.82) is 0 Å². The first-order chi connectivity index (χ1) is 9.22. The minimum atomic E-state index is -7.00. The van der Waals surface area contributed by atoms with E-state index in [4.69, 9.17) is 5.73 Å². The maximum Gasteiger partial charge on any atom is 0.471 e. The fourth-order valence-corrected chi connectivity index (χ4v) is 1.15. The van der Waals surface area contributed by atoms with E-state index in [9.17, 15) is 39.5 Å². The number of halogens is 9. The van der Waals surface area contributed by atoms with Crippen molar-refractivity contribution in [2.45, 2.75) is 24.1 Å². The molecule has 0 aliphatic rings. The number of anilines is 1. The number of nitrogen functional groups attached to an aromatic ring is 1. The first-order valence-corrected chi connectivity index (χ1v) is 4.97. The third kappa shape index (κ3) is 2.95. The average molecular weight is 327 g/mol. The summed E-state index contributed by atoms with van der Waals surface area (Å²) in [7, 11) is 0. The second kappa shape index (κ2) is 4.88. The number of alkyl halides is 9. The summed E-state index contributed by atoms with van der Waals surface area (Å²) in [6.07, 6.45) is -13.0. The highest BCUT2D eigenvalue weighted by Gasteiger charge is 2.83. The van der Waals surface area contributed by atoms with Crippen LogP contribution in [-0.4, -0.2) is 24.1 Å². The molecule has 2 N–H and O–H groups in total. The van der Waals surface area contributed by atoms with Crippen LogP contribution in [0, 0.1) is 0 Å². The Kier molecular flexibility index (Phi) is 4.01. The lowest BCUT2D eigenvalue weighted by Crippen LogP contribution is -2.62. The van der Waals surface area contributed by atoms with Gasteiger partial charge in [-0.3, -0.25) is 0 Å². The van der Waals surface area contributed by atoms with Gasteiger partial charge in [0.15, 0.2) is 0 Å². The van der Waals surface area contributed by atoms with Crippen molar-refractivity contribution in [2.24, 2.45) is 0 Å². The van der Waals surface area contributed by atoms with Gasteiger partial charge in [0.1, 0.15) is 5.75 Å². The summed E-state index contributed by atoms with van der Waals surface area (Å²) in [4.78, 5) is 0. The first kappa shape index (κ1) is 17.2. The maximum absolute atomic E-state index is 13.1. The van der Waals surface area contributed by atoms with Crippen LogP contribution in [0.25, 0.3) is 0 Å². The molecule has 1 aromatic carbocycles. The number of ether oxygens (including phenoxy) is 1. The molecule has 1 aromatic rings. The molecule has 2 nitrogen and oxygen atoms in total. The van der Waals surface area contributed by atoms with Gasteiger partial charge in [0.05, 0.1) is 0 Å². The molecule has 1 rings (SSSR count). The highest BCUT2D eigenvalue weighted by Crippen LogP contribution is 2.53. The Bertz CT molecular complexity index is 511. The Morgan fingerprint density at radius 3 is 1.76 bits per heavy atom. The third-order valence-corrected chi connectivity index (χ3v) is 2.22. The minimum Gasteiger partial charge on any atom is -0.428 e. The molecule has 120 valence electrons. The van der Waals surface area contributed by atoms with Gasteiger partial charge in [0, 0.05) is 11.8 Å². The van der Waals surface area contributed by atoms with Crippen molar-refractivity contribution >= 4 is 5.69 Å². The molecule has 0 spiro atoms. The Balaban J connectivity index is 3.16. The zero-order valence-corrected chi connectivity index (χ0v) is 9.70. The van der Waals surface area contributed by atoms with E-state index in [-0.39, 0.29) is 5.69 Å². The van der Waals surface area contributed by atoms with Crippen LogP contribution in [0.1, 0.15) is 0 Å². The van der Waals surface area contributed by atoms with Crippen molar-refractivity contribution in [3.8, 4) is 5.75 Å². The van der Waals surface area contributed by atoms with Crippen LogP contribution in [0.3, 0.4) is 0 Å². The predicted molar refractivity (Wildman–Crippen MR) is 52.4 cm³/mol. The molecule has 0 fully saturated rings. The summed E-state index contributed by atoms with van der Waals surface area (Å²) in [5.74, 6) is -14.9. The smallest absolute Gasteiger partial charge is 0.428 e. The molecule has 0 aliphatic carbocycles. The van der Waals surface area contributed by atoms with Crippen LogP contribution < -0.4 is 10.5 Å². The lowest BCUT2D eigenvalue weighted by atomic mass is 10.1. The zero-order chi connectivity index (χ0) is 16.7. The molecule has 0 saturated heterocycles. The molecule has 0 unspecified atom stereocenters. The maximum atomic E-state index is 13.1. The van der Waals surface area contributed by atoms with Gasteiger partial charge in [0.25, 0.3) is 0 Å². The highest BCUT2D eigenvalue weighted by atomic mass is 19.4. The van der Waals surface area contributed by atoms with Crippen molar-refractivity contribution in [1.82, 2.24) is 0 Å². The second-order valence-electron chi connectivity index (χ2n) is 3.84. The van der Waals surface area contributed by atoms with Gasteiger partial charge in [0.2, 0.25) is 0 Å². The minimum absolute atomic E-state index is 0.255. The molecule has 0 heterocycles. The number of benzene rings is 1. The second-order valence-corrected chi connectivity index (χ2v) is 3.84. The standard InChI is InChI=1S/C10H6F9NO/c11-7(12,9(15,16)17)8(13,14)10(18,19)21-6-3-1-2-5(20)4-6/h1-4H,20H2. The van der Waals surface area contributed by atoms with E-state index in [0.29, 0.717) is 12.1 Å². The summed E-state index contributed by atoms with van der Waals surface area (Å²) in [6, 6.07) is 3.25. The topological polar surface area (TPSA) is 35.2 Å². The SMILES string of the molecule is Nc1cccc(OC(F)(F)C(F)(F)C(F)(F)C(F)(F)F)c1. The van der Waals surface area contributed by atoms with E-state index in [2.05, 4.69) is 4.74 Å². The van der Waals surface area contributed by atoms with Gasteiger partial charge >= 0.3 is 24.1 Å². The van der Waals surface area contributed by atoms with E-state index < -0.39 is 29.9 Å². The predicted octanol–water partition coefficient (Wildman–Crippen LogP) is 4.07. The number of hydrogen-bond acceptors (Lipinski definition) is 2. The Morgan fingerprint density at radius 2 is 1.33 bits per heavy atom. The molecule has 0 saturated carbocycles. The van der Waals surface area contributed by atoms with Crippen LogP contribution in [-0.2, 0) is 0 Å². The Labute approximate surface area is 111 Å². The van der Waals surface area contributed by atoms with Crippen LogP contribution in [0.15, 0.2) is 24.3 Å².